The van der Waals surface area contributed by atoms with E-state index in [1.54, 1.807) is 0 Å². The van der Waals surface area contributed by atoms with Gasteiger partial charge in [0.15, 0.2) is 0 Å². The predicted molar refractivity (Wildman–Crippen MR) is 122 cm³/mol. The van der Waals surface area contributed by atoms with E-state index in [0.717, 1.165) is 25.3 Å². The summed E-state index contributed by atoms with van der Waals surface area (Å²) in [6.45, 7) is 4.33. The maximum atomic E-state index is 13.6. The Morgan fingerprint density at radius 2 is 1.52 bits per heavy atom. The van der Waals surface area contributed by atoms with Gasteiger partial charge in [-0.2, -0.15) is 11.8 Å². The Morgan fingerprint density at radius 3 is 2.14 bits per heavy atom. The number of hydrogen-bond acceptors (Lipinski definition) is 3. The maximum Gasteiger partial charge on any atom is 0.223 e. The van der Waals surface area contributed by atoms with Gasteiger partial charge in [-0.1, -0.05) is 60.7 Å². The molecule has 0 N–H and O–H groups in total. The number of carbonyl (C=O) groups is 1. The van der Waals surface area contributed by atoms with Crippen LogP contribution in [0.4, 0.5) is 0 Å². The van der Waals surface area contributed by atoms with E-state index in [1.165, 1.54) is 42.8 Å². The number of likely N-dealkylation sites (tertiary alicyclic amines) is 1. The Labute approximate surface area is 179 Å². The Bertz CT molecular complexity index is 721. The van der Waals surface area contributed by atoms with Crippen LogP contribution in [0, 0.1) is 0 Å². The van der Waals surface area contributed by atoms with Crippen LogP contribution >= 0.6 is 11.8 Å². The van der Waals surface area contributed by atoms with Crippen molar-refractivity contribution in [3.8, 4) is 0 Å². The first-order chi connectivity index (χ1) is 14.3. The van der Waals surface area contributed by atoms with Crippen molar-refractivity contribution in [3.63, 3.8) is 0 Å². The summed E-state index contributed by atoms with van der Waals surface area (Å²) in [5.41, 5.74) is 2.46. The first-order valence-corrected chi connectivity index (χ1v) is 12.2. The van der Waals surface area contributed by atoms with E-state index in [0.29, 0.717) is 18.4 Å². The molecular formula is C25H32N2OS. The second-order valence-electron chi connectivity index (χ2n) is 8.26. The van der Waals surface area contributed by atoms with Crippen LogP contribution in [0.25, 0.3) is 0 Å². The van der Waals surface area contributed by atoms with Gasteiger partial charge in [0, 0.05) is 31.2 Å². The van der Waals surface area contributed by atoms with Crippen LogP contribution < -0.4 is 0 Å². The fraction of sp³-hybridized carbons (Fsp3) is 0.480. The number of rotatable bonds is 6. The van der Waals surface area contributed by atoms with Crippen LogP contribution in [0.5, 0.6) is 0 Å². The molecular weight excluding hydrogens is 376 g/mol. The van der Waals surface area contributed by atoms with Crippen LogP contribution in [0.15, 0.2) is 60.7 Å². The van der Waals surface area contributed by atoms with Gasteiger partial charge in [0.2, 0.25) is 5.91 Å². The zero-order chi connectivity index (χ0) is 19.9. The molecule has 4 rings (SSSR count). The molecule has 1 atom stereocenters. The molecule has 2 aliphatic heterocycles. The second-order valence-corrected chi connectivity index (χ2v) is 9.41. The second kappa shape index (κ2) is 10.3. The molecule has 0 radical (unpaired) electrons. The fourth-order valence-corrected chi connectivity index (χ4v) is 5.72. The average Bonchev–Trinajstić information content (AvgIpc) is 3.17. The van der Waals surface area contributed by atoms with Crippen LogP contribution in [0.1, 0.15) is 42.7 Å². The Balaban J connectivity index is 1.53. The number of carbonyl (C=O) groups excluding carboxylic acids is 1. The van der Waals surface area contributed by atoms with Gasteiger partial charge in [-0.05, 0) is 49.2 Å². The van der Waals surface area contributed by atoms with E-state index < -0.39 is 0 Å². The molecule has 1 unspecified atom stereocenters. The third-order valence-corrected chi connectivity index (χ3v) is 7.41. The topological polar surface area (TPSA) is 23.6 Å². The molecule has 0 aliphatic carbocycles. The number of benzene rings is 2. The van der Waals surface area contributed by atoms with Gasteiger partial charge in [-0.3, -0.25) is 4.79 Å². The number of hydrogen-bond donors (Lipinski definition) is 0. The molecule has 4 heteroatoms. The molecule has 154 valence electrons. The molecule has 0 saturated carbocycles. The van der Waals surface area contributed by atoms with E-state index in [-0.39, 0.29) is 5.92 Å². The molecule has 2 fully saturated rings. The lowest BCUT2D eigenvalue weighted by Gasteiger charge is -2.34. The monoisotopic (exact) mass is 408 g/mol. The molecule has 29 heavy (non-hydrogen) atoms. The van der Waals surface area contributed by atoms with Gasteiger partial charge < -0.3 is 9.80 Å². The van der Waals surface area contributed by atoms with Crippen LogP contribution in [0.2, 0.25) is 0 Å². The summed E-state index contributed by atoms with van der Waals surface area (Å²) in [4.78, 5) is 18.4. The standard InChI is InChI=1S/C25H32N2OS/c28-25(27-16-9-17-29-20-23(27)19-26-14-7-8-15-26)18-24(21-10-3-1-4-11-21)22-12-5-2-6-13-22/h1-6,10-13,23-24H,7-9,14-20H2. The molecule has 0 bridgehead atoms. The summed E-state index contributed by atoms with van der Waals surface area (Å²) in [6.07, 6.45) is 4.26. The molecule has 3 nitrogen and oxygen atoms in total. The first kappa shape index (κ1) is 20.5. The quantitative estimate of drug-likeness (QED) is 0.696. The van der Waals surface area contributed by atoms with Gasteiger partial charge in [0.25, 0.3) is 0 Å². The maximum absolute atomic E-state index is 13.6. The normalized spacial score (nSPS) is 20.7. The highest BCUT2D eigenvalue weighted by atomic mass is 32.2. The molecule has 0 aromatic heterocycles. The van der Waals surface area contributed by atoms with E-state index >= 15 is 0 Å². The van der Waals surface area contributed by atoms with Crippen molar-refractivity contribution in [2.75, 3.05) is 37.7 Å². The zero-order valence-electron chi connectivity index (χ0n) is 17.2. The number of nitrogens with zero attached hydrogens (tertiary/aromatic N) is 2. The van der Waals surface area contributed by atoms with Crippen molar-refractivity contribution in [2.45, 2.75) is 37.6 Å². The van der Waals surface area contributed by atoms with Gasteiger partial charge in [0.05, 0.1) is 6.04 Å². The SMILES string of the molecule is O=C(CC(c1ccccc1)c1ccccc1)N1CCCSCC1CN1CCCC1. The number of thioether (sulfide) groups is 1. The van der Waals surface area contributed by atoms with E-state index in [2.05, 4.69) is 58.3 Å². The minimum Gasteiger partial charge on any atom is -0.338 e. The third kappa shape index (κ3) is 5.43. The lowest BCUT2D eigenvalue weighted by Crippen LogP contribution is -2.48. The van der Waals surface area contributed by atoms with Crippen molar-refractivity contribution in [2.24, 2.45) is 0 Å². The summed E-state index contributed by atoms with van der Waals surface area (Å²) < 4.78 is 0. The van der Waals surface area contributed by atoms with Crippen molar-refractivity contribution in [1.82, 2.24) is 9.80 Å². The van der Waals surface area contributed by atoms with Crippen molar-refractivity contribution < 1.29 is 4.79 Å². The van der Waals surface area contributed by atoms with Crippen molar-refractivity contribution in [1.29, 1.82) is 0 Å². The average molecular weight is 409 g/mol. The Kier molecular flexibility index (Phi) is 7.28. The van der Waals surface area contributed by atoms with E-state index in [9.17, 15) is 4.79 Å². The fourth-order valence-electron chi connectivity index (χ4n) is 4.66. The van der Waals surface area contributed by atoms with Gasteiger partial charge in [0.1, 0.15) is 0 Å². The van der Waals surface area contributed by atoms with E-state index in [4.69, 9.17) is 0 Å². The predicted octanol–water partition coefficient (Wildman–Crippen LogP) is 4.64. The lowest BCUT2D eigenvalue weighted by molar-refractivity contribution is -0.133. The molecule has 2 aromatic carbocycles. The highest BCUT2D eigenvalue weighted by Crippen LogP contribution is 2.30. The molecule has 2 heterocycles. The Hall–Kier alpha value is -1.78. The van der Waals surface area contributed by atoms with E-state index in [1.807, 2.05) is 23.9 Å². The lowest BCUT2D eigenvalue weighted by atomic mass is 9.88. The van der Waals surface area contributed by atoms with Crippen molar-refractivity contribution in [3.05, 3.63) is 71.8 Å². The summed E-state index contributed by atoms with van der Waals surface area (Å²) in [5, 5.41) is 0. The Morgan fingerprint density at radius 1 is 0.897 bits per heavy atom. The van der Waals surface area contributed by atoms with Gasteiger partial charge in [-0.15, -0.1) is 0 Å². The highest BCUT2D eigenvalue weighted by molar-refractivity contribution is 7.99. The zero-order valence-corrected chi connectivity index (χ0v) is 18.0. The molecule has 2 aliphatic rings. The molecule has 2 saturated heterocycles. The van der Waals surface area contributed by atoms with Gasteiger partial charge >= 0.3 is 0 Å². The molecule has 1 amide bonds. The largest absolute Gasteiger partial charge is 0.338 e. The van der Waals surface area contributed by atoms with Crippen LogP contribution in [-0.2, 0) is 4.79 Å². The first-order valence-electron chi connectivity index (χ1n) is 11.0. The van der Waals surface area contributed by atoms with Crippen molar-refractivity contribution >= 4 is 17.7 Å². The van der Waals surface area contributed by atoms with Gasteiger partial charge in [-0.25, -0.2) is 0 Å². The molecule has 0 spiro atoms. The number of amides is 1. The van der Waals surface area contributed by atoms with Crippen LogP contribution in [-0.4, -0.2) is 59.4 Å². The minimum atomic E-state index is 0.119. The highest BCUT2D eigenvalue weighted by Gasteiger charge is 2.30. The minimum absolute atomic E-state index is 0.119. The summed E-state index contributed by atoms with van der Waals surface area (Å²) in [7, 11) is 0. The summed E-state index contributed by atoms with van der Waals surface area (Å²) >= 11 is 2.02. The summed E-state index contributed by atoms with van der Waals surface area (Å²) in [6, 6.07) is 21.4. The van der Waals surface area contributed by atoms with Crippen LogP contribution in [0.3, 0.4) is 0 Å². The summed E-state index contributed by atoms with van der Waals surface area (Å²) in [5.74, 6) is 2.67. The smallest absolute Gasteiger partial charge is 0.223 e. The third-order valence-electron chi connectivity index (χ3n) is 6.21. The molecule has 2 aromatic rings.